The van der Waals surface area contributed by atoms with E-state index in [1.807, 2.05) is 11.5 Å². The van der Waals surface area contributed by atoms with Gasteiger partial charge in [-0.15, -0.1) is 0 Å². The van der Waals surface area contributed by atoms with Crippen molar-refractivity contribution in [3.05, 3.63) is 33.7 Å². The maximum absolute atomic E-state index is 12.0. The third-order valence-electron chi connectivity index (χ3n) is 3.20. The molecule has 0 amide bonds. The fraction of sp³-hybridized carbons (Fsp3) is 0.667. The molecule has 0 radical (unpaired) electrons. The molecule has 17 heavy (non-hydrogen) atoms. The Morgan fingerprint density at radius 2 is 1.94 bits per heavy atom. The van der Waals surface area contributed by atoms with Crippen molar-refractivity contribution >= 4 is 0 Å². The van der Waals surface area contributed by atoms with E-state index in [4.69, 9.17) is 0 Å². The van der Waals surface area contributed by atoms with Crippen LogP contribution in [0, 0.1) is 12.8 Å². The first-order chi connectivity index (χ1) is 7.95. The summed E-state index contributed by atoms with van der Waals surface area (Å²) in [6.07, 6.45) is 5.29. The van der Waals surface area contributed by atoms with Crippen LogP contribution in [0.4, 0.5) is 0 Å². The van der Waals surface area contributed by atoms with Gasteiger partial charge in [-0.1, -0.05) is 27.2 Å². The highest BCUT2D eigenvalue weighted by atomic mass is 16.1. The zero-order chi connectivity index (χ0) is 13.0. The van der Waals surface area contributed by atoms with Crippen LogP contribution in [0.1, 0.15) is 57.7 Å². The highest BCUT2D eigenvalue weighted by molar-refractivity contribution is 5.22. The predicted molar refractivity (Wildman–Crippen MR) is 73.6 cm³/mol. The fourth-order valence-electron chi connectivity index (χ4n) is 2.36. The highest BCUT2D eigenvalue weighted by Crippen LogP contribution is 2.17. The van der Waals surface area contributed by atoms with E-state index in [2.05, 4.69) is 33.9 Å². The quantitative estimate of drug-likeness (QED) is 0.762. The van der Waals surface area contributed by atoms with Gasteiger partial charge in [0, 0.05) is 18.3 Å². The minimum atomic E-state index is 0.135. The Bertz CT molecular complexity index is 417. The van der Waals surface area contributed by atoms with Gasteiger partial charge in [-0.2, -0.15) is 0 Å². The molecule has 1 heterocycles. The fourth-order valence-corrected chi connectivity index (χ4v) is 2.36. The van der Waals surface area contributed by atoms with Gasteiger partial charge in [-0.3, -0.25) is 4.79 Å². The van der Waals surface area contributed by atoms with Crippen LogP contribution in [-0.4, -0.2) is 4.57 Å². The van der Waals surface area contributed by atoms with E-state index >= 15 is 0 Å². The highest BCUT2D eigenvalue weighted by Gasteiger charge is 2.10. The van der Waals surface area contributed by atoms with E-state index in [9.17, 15) is 4.79 Å². The van der Waals surface area contributed by atoms with Crippen LogP contribution in [-0.2, 0) is 6.42 Å². The molecule has 0 aliphatic heterocycles. The van der Waals surface area contributed by atoms with Crippen molar-refractivity contribution in [1.82, 2.24) is 4.57 Å². The summed E-state index contributed by atoms with van der Waals surface area (Å²) in [7, 11) is 0. The molecule has 0 bridgehead atoms. The Labute approximate surface area is 105 Å². The molecule has 96 valence electrons. The largest absolute Gasteiger partial charge is 0.312 e. The van der Waals surface area contributed by atoms with Crippen LogP contribution in [0.15, 0.2) is 17.1 Å². The van der Waals surface area contributed by atoms with Gasteiger partial charge in [0.2, 0.25) is 0 Å². The predicted octanol–water partition coefficient (Wildman–Crippen LogP) is 3.72. The third-order valence-corrected chi connectivity index (χ3v) is 3.20. The number of aryl methyl sites for hydroxylation is 2. The van der Waals surface area contributed by atoms with E-state index in [0.717, 1.165) is 24.8 Å². The molecule has 0 N–H and O–H groups in total. The van der Waals surface area contributed by atoms with Crippen molar-refractivity contribution < 1.29 is 0 Å². The molecule has 1 rings (SSSR count). The van der Waals surface area contributed by atoms with Crippen LogP contribution >= 0.6 is 0 Å². The van der Waals surface area contributed by atoms with Crippen LogP contribution in [0.2, 0.25) is 0 Å². The van der Waals surface area contributed by atoms with Gasteiger partial charge in [0.05, 0.1) is 0 Å². The summed E-state index contributed by atoms with van der Waals surface area (Å²) in [6, 6.07) is 2.07. The summed E-state index contributed by atoms with van der Waals surface area (Å²) in [6.45, 7) is 10.7. The Balaban J connectivity index is 3.06. The number of pyridine rings is 1. The number of hydrogen-bond donors (Lipinski definition) is 0. The summed E-state index contributed by atoms with van der Waals surface area (Å²) in [5.74, 6) is 0.618. The average molecular weight is 235 g/mol. The first-order valence-corrected chi connectivity index (χ1v) is 6.67. The summed E-state index contributed by atoms with van der Waals surface area (Å²) in [5.41, 5.74) is 2.57. The lowest BCUT2D eigenvalue weighted by Gasteiger charge is -2.19. The molecule has 0 saturated heterocycles. The molecule has 1 aromatic rings. The molecule has 1 aromatic heterocycles. The molecule has 0 aliphatic rings. The van der Waals surface area contributed by atoms with Crippen molar-refractivity contribution in [2.75, 3.05) is 0 Å². The first-order valence-electron chi connectivity index (χ1n) is 6.67. The second kappa shape index (κ2) is 6.04. The van der Waals surface area contributed by atoms with Crippen molar-refractivity contribution in [3.8, 4) is 0 Å². The van der Waals surface area contributed by atoms with Gasteiger partial charge in [0.1, 0.15) is 0 Å². The number of hydrogen-bond acceptors (Lipinski definition) is 1. The van der Waals surface area contributed by atoms with E-state index in [-0.39, 0.29) is 5.56 Å². The molecule has 1 atom stereocenters. The molecule has 0 spiro atoms. The molecule has 0 fully saturated rings. The zero-order valence-electron chi connectivity index (χ0n) is 11.8. The van der Waals surface area contributed by atoms with E-state index in [0.29, 0.717) is 12.0 Å². The van der Waals surface area contributed by atoms with Gasteiger partial charge in [0.25, 0.3) is 5.56 Å². The Kier molecular flexibility index (Phi) is 4.98. The Morgan fingerprint density at radius 1 is 1.29 bits per heavy atom. The molecule has 2 nitrogen and oxygen atoms in total. The second-order valence-electron chi connectivity index (χ2n) is 5.46. The van der Waals surface area contributed by atoms with Gasteiger partial charge < -0.3 is 4.57 Å². The normalized spacial score (nSPS) is 13.1. The van der Waals surface area contributed by atoms with E-state index in [1.54, 1.807) is 6.07 Å². The van der Waals surface area contributed by atoms with Crippen LogP contribution < -0.4 is 5.56 Å². The maximum Gasteiger partial charge on any atom is 0.251 e. The first kappa shape index (κ1) is 14.0. The van der Waals surface area contributed by atoms with Crippen molar-refractivity contribution in [2.45, 2.75) is 59.9 Å². The average Bonchev–Trinajstić information content (AvgIpc) is 2.21. The van der Waals surface area contributed by atoms with Gasteiger partial charge in [0.15, 0.2) is 0 Å². The van der Waals surface area contributed by atoms with E-state index < -0.39 is 0 Å². The Morgan fingerprint density at radius 3 is 2.47 bits per heavy atom. The van der Waals surface area contributed by atoms with Gasteiger partial charge >= 0.3 is 0 Å². The van der Waals surface area contributed by atoms with Crippen LogP contribution in [0.3, 0.4) is 0 Å². The monoisotopic (exact) mass is 235 g/mol. The zero-order valence-corrected chi connectivity index (χ0v) is 11.8. The number of rotatable bonds is 5. The number of aromatic nitrogens is 1. The summed E-state index contributed by atoms with van der Waals surface area (Å²) < 4.78 is 1.90. The Hall–Kier alpha value is -1.05. The van der Waals surface area contributed by atoms with Crippen molar-refractivity contribution in [3.63, 3.8) is 0 Å². The molecule has 0 saturated carbocycles. The minimum absolute atomic E-state index is 0.135. The van der Waals surface area contributed by atoms with E-state index in [1.165, 1.54) is 5.56 Å². The smallest absolute Gasteiger partial charge is 0.251 e. The molecule has 2 heteroatoms. The SMILES string of the molecule is CCCc1cn(C(C)CC(C)C)c(=O)cc1C. The molecule has 0 aromatic carbocycles. The molecular weight excluding hydrogens is 210 g/mol. The summed E-state index contributed by atoms with van der Waals surface area (Å²) >= 11 is 0. The molecule has 1 unspecified atom stereocenters. The van der Waals surface area contributed by atoms with Crippen molar-refractivity contribution in [2.24, 2.45) is 5.92 Å². The summed E-state index contributed by atoms with van der Waals surface area (Å²) in [5, 5.41) is 0. The van der Waals surface area contributed by atoms with Gasteiger partial charge in [-0.25, -0.2) is 0 Å². The lowest BCUT2D eigenvalue weighted by Crippen LogP contribution is -2.24. The van der Waals surface area contributed by atoms with Crippen LogP contribution in [0.25, 0.3) is 0 Å². The third kappa shape index (κ3) is 3.72. The van der Waals surface area contributed by atoms with Crippen LogP contribution in [0.5, 0.6) is 0 Å². The number of nitrogens with zero attached hydrogens (tertiary/aromatic N) is 1. The molecular formula is C15H25NO. The lowest BCUT2D eigenvalue weighted by molar-refractivity contribution is 0.417. The second-order valence-corrected chi connectivity index (χ2v) is 5.46. The summed E-state index contributed by atoms with van der Waals surface area (Å²) in [4.78, 5) is 12.0. The topological polar surface area (TPSA) is 22.0 Å². The van der Waals surface area contributed by atoms with Crippen molar-refractivity contribution in [1.29, 1.82) is 0 Å². The standard InChI is InChI=1S/C15H25NO/c1-6-7-14-10-16(13(5)8-11(2)3)15(17)9-12(14)4/h9-11,13H,6-8H2,1-5H3. The minimum Gasteiger partial charge on any atom is -0.312 e. The lowest BCUT2D eigenvalue weighted by atomic mass is 10.0. The maximum atomic E-state index is 12.0. The van der Waals surface area contributed by atoms with Gasteiger partial charge in [-0.05, 0) is 43.7 Å². The molecule has 0 aliphatic carbocycles.